The fraction of sp³-hybridized carbons (Fsp3) is 0.562. The Hall–Kier alpha value is -1.30. The molecule has 1 aliphatic heterocycles. The zero-order valence-corrected chi connectivity index (χ0v) is 14.0. The summed E-state index contributed by atoms with van der Waals surface area (Å²) in [7, 11) is 1.66. The molecule has 0 aliphatic carbocycles. The van der Waals surface area contributed by atoms with E-state index >= 15 is 0 Å². The van der Waals surface area contributed by atoms with Crippen LogP contribution in [0.1, 0.15) is 24.0 Å². The molecule has 0 spiro atoms. The van der Waals surface area contributed by atoms with E-state index in [0.29, 0.717) is 32.6 Å². The van der Waals surface area contributed by atoms with E-state index in [-0.39, 0.29) is 18.3 Å². The second-order valence-electron chi connectivity index (χ2n) is 5.58. The average molecular weight is 329 g/mol. The molecule has 1 aliphatic rings. The highest BCUT2D eigenvalue weighted by atomic mass is 35.5. The van der Waals surface area contributed by atoms with Crippen LogP contribution >= 0.6 is 12.4 Å². The highest BCUT2D eigenvalue weighted by Gasteiger charge is 2.35. The molecule has 0 bridgehead atoms. The molecule has 5 nitrogen and oxygen atoms in total. The highest BCUT2D eigenvalue weighted by molar-refractivity contribution is 5.86. The summed E-state index contributed by atoms with van der Waals surface area (Å²) in [6.45, 7) is 3.69. The van der Waals surface area contributed by atoms with Crippen LogP contribution in [0.5, 0.6) is 5.75 Å². The highest BCUT2D eigenvalue weighted by Crippen LogP contribution is 2.20. The summed E-state index contributed by atoms with van der Waals surface area (Å²) in [5.41, 5.74) is 7.60. The lowest BCUT2D eigenvalue weighted by Crippen LogP contribution is -2.57. The molecule has 0 unspecified atom stereocenters. The lowest BCUT2D eigenvalue weighted by molar-refractivity contribution is -0.129. The van der Waals surface area contributed by atoms with E-state index in [1.54, 1.807) is 7.11 Å². The average Bonchev–Trinajstić information content (AvgIpc) is 2.49. The van der Waals surface area contributed by atoms with Gasteiger partial charge in [0, 0.05) is 19.8 Å². The first-order valence-electron chi connectivity index (χ1n) is 7.33. The number of rotatable bonds is 5. The van der Waals surface area contributed by atoms with Crippen molar-refractivity contribution in [1.82, 2.24) is 5.32 Å². The van der Waals surface area contributed by atoms with E-state index in [2.05, 4.69) is 11.4 Å². The second-order valence-corrected chi connectivity index (χ2v) is 5.58. The van der Waals surface area contributed by atoms with Crippen molar-refractivity contribution in [3.05, 3.63) is 29.3 Å². The number of hydrogen-bond donors (Lipinski definition) is 2. The van der Waals surface area contributed by atoms with Crippen LogP contribution < -0.4 is 15.8 Å². The number of carbonyl (C=O) groups excluding carboxylic acids is 1. The molecule has 1 heterocycles. The quantitative estimate of drug-likeness (QED) is 0.861. The van der Waals surface area contributed by atoms with Crippen LogP contribution in [0.3, 0.4) is 0 Å². The monoisotopic (exact) mass is 328 g/mol. The van der Waals surface area contributed by atoms with E-state index in [1.807, 2.05) is 19.1 Å². The van der Waals surface area contributed by atoms with Crippen molar-refractivity contribution in [2.24, 2.45) is 5.73 Å². The molecule has 0 radical (unpaired) electrons. The molecule has 3 N–H and O–H groups in total. The Kier molecular flexibility index (Phi) is 7.13. The van der Waals surface area contributed by atoms with Gasteiger partial charge in [-0.25, -0.2) is 0 Å². The van der Waals surface area contributed by atoms with Gasteiger partial charge in [0.05, 0.1) is 12.6 Å². The van der Waals surface area contributed by atoms with Crippen molar-refractivity contribution in [1.29, 1.82) is 0 Å². The van der Waals surface area contributed by atoms with E-state index in [4.69, 9.17) is 15.2 Å². The fourth-order valence-electron chi connectivity index (χ4n) is 2.48. The Morgan fingerprint density at radius 3 is 2.73 bits per heavy atom. The number of benzene rings is 1. The van der Waals surface area contributed by atoms with Crippen molar-refractivity contribution in [2.75, 3.05) is 26.9 Å². The van der Waals surface area contributed by atoms with E-state index in [1.165, 1.54) is 0 Å². The Morgan fingerprint density at radius 1 is 1.41 bits per heavy atom. The molecule has 1 aromatic rings. The van der Waals surface area contributed by atoms with Crippen LogP contribution in [0, 0.1) is 6.92 Å². The van der Waals surface area contributed by atoms with Crippen molar-refractivity contribution < 1.29 is 14.3 Å². The van der Waals surface area contributed by atoms with Crippen molar-refractivity contribution in [3.8, 4) is 5.75 Å². The minimum Gasteiger partial charge on any atom is -0.496 e. The molecule has 1 aromatic carbocycles. The number of aryl methyl sites for hydroxylation is 1. The molecular formula is C16H25ClN2O3. The van der Waals surface area contributed by atoms with Gasteiger partial charge in [-0.15, -0.1) is 12.4 Å². The minimum absolute atomic E-state index is 0. The Bertz CT molecular complexity index is 502. The zero-order chi connectivity index (χ0) is 15.3. The minimum atomic E-state index is -0.775. The first kappa shape index (κ1) is 18.7. The molecule has 0 saturated carbocycles. The summed E-state index contributed by atoms with van der Waals surface area (Å²) in [6, 6.07) is 6.09. The number of nitrogens with two attached hydrogens (primary N) is 1. The third-order valence-electron chi connectivity index (χ3n) is 4.01. The number of hydrogen-bond acceptors (Lipinski definition) is 4. The third kappa shape index (κ3) is 4.60. The second kappa shape index (κ2) is 8.36. The largest absolute Gasteiger partial charge is 0.496 e. The van der Waals surface area contributed by atoms with Crippen LogP contribution in [0.25, 0.3) is 0 Å². The number of carbonyl (C=O) groups is 1. The van der Waals surface area contributed by atoms with Crippen molar-refractivity contribution >= 4 is 18.3 Å². The molecule has 1 fully saturated rings. The van der Waals surface area contributed by atoms with Crippen molar-refractivity contribution in [2.45, 2.75) is 31.7 Å². The summed E-state index contributed by atoms with van der Waals surface area (Å²) in [5, 5.41) is 2.93. The Morgan fingerprint density at radius 2 is 2.09 bits per heavy atom. The SMILES string of the molecule is COc1cc(CCNC(=O)C2(N)CCOCC2)ccc1C.Cl. The van der Waals surface area contributed by atoms with Crippen LogP contribution in [0.2, 0.25) is 0 Å². The van der Waals surface area contributed by atoms with Gasteiger partial charge >= 0.3 is 0 Å². The number of nitrogens with one attached hydrogen (secondary N) is 1. The maximum absolute atomic E-state index is 12.2. The number of ether oxygens (including phenoxy) is 2. The molecule has 1 amide bonds. The van der Waals surface area contributed by atoms with Crippen LogP contribution in [-0.4, -0.2) is 38.3 Å². The Labute approximate surface area is 138 Å². The predicted octanol–water partition coefficient (Wildman–Crippen LogP) is 1.59. The molecule has 0 aromatic heterocycles. The van der Waals surface area contributed by atoms with Crippen LogP contribution in [0.4, 0.5) is 0 Å². The summed E-state index contributed by atoms with van der Waals surface area (Å²) in [4.78, 5) is 12.2. The number of methoxy groups -OCH3 is 1. The maximum atomic E-state index is 12.2. The normalized spacial score (nSPS) is 16.5. The standard InChI is InChI=1S/C16H24N2O3.ClH/c1-12-3-4-13(11-14(12)20-2)5-8-18-15(19)16(17)6-9-21-10-7-16;/h3-4,11H,5-10,17H2,1-2H3,(H,18,19);1H. The van der Waals surface area contributed by atoms with Gasteiger partial charge in [0.1, 0.15) is 5.75 Å². The first-order chi connectivity index (χ1) is 10.0. The number of amides is 1. The van der Waals surface area contributed by atoms with Gasteiger partial charge in [-0.3, -0.25) is 4.79 Å². The summed E-state index contributed by atoms with van der Waals surface area (Å²) in [6.07, 6.45) is 1.92. The van der Waals surface area contributed by atoms with Crippen LogP contribution in [0.15, 0.2) is 18.2 Å². The summed E-state index contributed by atoms with van der Waals surface area (Å²) >= 11 is 0. The topological polar surface area (TPSA) is 73.6 Å². The van der Waals surface area contributed by atoms with E-state index in [9.17, 15) is 4.79 Å². The fourth-order valence-corrected chi connectivity index (χ4v) is 2.48. The van der Waals surface area contributed by atoms with E-state index < -0.39 is 5.54 Å². The number of halogens is 1. The first-order valence-corrected chi connectivity index (χ1v) is 7.33. The molecular weight excluding hydrogens is 304 g/mol. The van der Waals surface area contributed by atoms with Gasteiger partial charge in [0.2, 0.25) is 5.91 Å². The van der Waals surface area contributed by atoms with Gasteiger partial charge in [0.15, 0.2) is 0 Å². The molecule has 0 atom stereocenters. The Balaban J connectivity index is 0.00000242. The van der Waals surface area contributed by atoms with Crippen LogP contribution in [-0.2, 0) is 16.0 Å². The molecule has 2 rings (SSSR count). The van der Waals surface area contributed by atoms with Gasteiger partial charge in [-0.05, 0) is 43.4 Å². The zero-order valence-electron chi connectivity index (χ0n) is 13.2. The predicted molar refractivity (Wildman–Crippen MR) is 88.7 cm³/mol. The van der Waals surface area contributed by atoms with Gasteiger partial charge in [0.25, 0.3) is 0 Å². The van der Waals surface area contributed by atoms with Gasteiger partial charge in [-0.1, -0.05) is 12.1 Å². The van der Waals surface area contributed by atoms with Gasteiger partial charge in [-0.2, -0.15) is 0 Å². The molecule has 124 valence electrons. The summed E-state index contributed by atoms with van der Waals surface area (Å²) < 4.78 is 10.6. The molecule has 6 heteroatoms. The summed E-state index contributed by atoms with van der Waals surface area (Å²) in [5.74, 6) is 0.795. The van der Waals surface area contributed by atoms with Gasteiger partial charge < -0.3 is 20.5 Å². The maximum Gasteiger partial charge on any atom is 0.240 e. The lowest BCUT2D eigenvalue weighted by atomic mass is 9.90. The third-order valence-corrected chi connectivity index (χ3v) is 4.01. The molecule has 1 saturated heterocycles. The smallest absolute Gasteiger partial charge is 0.240 e. The van der Waals surface area contributed by atoms with Crippen molar-refractivity contribution in [3.63, 3.8) is 0 Å². The lowest BCUT2D eigenvalue weighted by Gasteiger charge is -2.31. The molecule has 22 heavy (non-hydrogen) atoms. The van der Waals surface area contributed by atoms with E-state index in [0.717, 1.165) is 23.3 Å².